The minimum absolute atomic E-state index is 0.222. The summed E-state index contributed by atoms with van der Waals surface area (Å²) in [5.74, 6) is 1.67. The normalized spacial score (nSPS) is 22.2. The Morgan fingerprint density at radius 2 is 1.90 bits per heavy atom. The minimum atomic E-state index is -0.961. The number of rotatable bonds is 11. The SMILES string of the molecule is CCC1CC[C@@H](CCOCc2c(C3CCCCC3)noc2C2CC2)N1c1nc2c(OC)cc(C(=O)O)cc2s1. The number of ether oxygens (including phenoxy) is 2. The molecule has 0 bridgehead atoms. The van der Waals surface area contributed by atoms with E-state index in [9.17, 15) is 9.90 Å². The summed E-state index contributed by atoms with van der Waals surface area (Å²) < 4.78 is 18.6. The van der Waals surface area contributed by atoms with Crippen LogP contribution in [0.5, 0.6) is 5.75 Å². The lowest BCUT2D eigenvalue weighted by atomic mass is 9.85. The number of methoxy groups -OCH3 is 1. The minimum Gasteiger partial charge on any atom is -0.494 e. The van der Waals surface area contributed by atoms with Crippen molar-refractivity contribution >= 4 is 32.7 Å². The summed E-state index contributed by atoms with van der Waals surface area (Å²) in [6.07, 6.45) is 12.9. The summed E-state index contributed by atoms with van der Waals surface area (Å²) >= 11 is 1.56. The first-order chi connectivity index (χ1) is 19.1. The molecule has 3 fully saturated rings. The van der Waals surface area contributed by atoms with Gasteiger partial charge < -0.3 is 24.0 Å². The van der Waals surface area contributed by atoms with E-state index in [4.69, 9.17) is 19.0 Å². The number of anilines is 1. The lowest BCUT2D eigenvalue weighted by Gasteiger charge is -2.29. The Balaban J connectivity index is 1.16. The summed E-state index contributed by atoms with van der Waals surface area (Å²) in [6.45, 7) is 3.49. The van der Waals surface area contributed by atoms with E-state index in [1.54, 1.807) is 30.6 Å². The van der Waals surface area contributed by atoms with Gasteiger partial charge in [-0.15, -0.1) is 0 Å². The predicted octanol–water partition coefficient (Wildman–Crippen LogP) is 7.27. The third-order valence-corrected chi connectivity index (χ3v) is 9.87. The highest BCUT2D eigenvalue weighted by Gasteiger charge is 2.36. The van der Waals surface area contributed by atoms with Crippen LogP contribution in [0.3, 0.4) is 0 Å². The maximum Gasteiger partial charge on any atom is 0.335 e. The van der Waals surface area contributed by atoms with Crippen molar-refractivity contribution in [2.75, 3.05) is 18.6 Å². The molecule has 3 aromatic rings. The van der Waals surface area contributed by atoms with Gasteiger partial charge in [0.25, 0.3) is 0 Å². The molecule has 1 saturated heterocycles. The molecule has 6 rings (SSSR count). The van der Waals surface area contributed by atoms with Gasteiger partial charge in [-0.2, -0.15) is 0 Å². The van der Waals surface area contributed by atoms with Gasteiger partial charge in [-0.05, 0) is 63.5 Å². The fourth-order valence-corrected chi connectivity index (χ4v) is 7.74. The number of carboxylic acids is 1. The zero-order chi connectivity index (χ0) is 26.9. The average molecular weight is 554 g/mol. The van der Waals surface area contributed by atoms with Gasteiger partial charge >= 0.3 is 5.97 Å². The van der Waals surface area contributed by atoms with E-state index in [0.717, 1.165) is 52.5 Å². The van der Waals surface area contributed by atoms with Crippen LogP contribution >= 0.6 is 11.3 Å². The number of thiazole rings is 1. The van der Waals surface area contributed by atoms with E-state index in [1.807, 2.05) is 0 Å². The molecule has 210 valence electrons. The molecule has 8 nitrogen and oxygen atoms in total. The van der Waals surface area contributed by atoms with E-state index in [2.05, 4.69) is 17.0 Å². The van der Waals surface area contributed by atoms with Crippen LogP contribution in [-0.2, 0) is 11.3 Å². The van der Waals surface area contributed by atoms with Crippen molar-refractivity contribution in [3.63, 3.8) is 0 Å². The maximum absolute atomic E-state index is 11.6. The van der Waals surface area contributed by atoms with Gasteiger partial charge in [-0.3, -0.25) is 0 Å². The van der Waals surface area contributed by atoms with Crippen LogP contribution in [0.2, 0.25) is 0 Å². The summed E-state index contributed by atoms with van der Waals surface area (Å²) in [4.78, 5) is 19.0. The Bertz CT molecular complexity index is 1310. The molecule has 2 aromatic heterocycles. The van der Waals surface area contributed by atoms with Gasteiger partial charge in [0.05, 0.1) is 29.7 Å². The lowest BCUT2D eigenvalue weighted by molar-refractivity contribution is 0.0696. The predicted molar refractivity (Wildman–Crippen MR) is 151 cm³/mol. The molecular weight excluding hydrogens is 514 g/mol. The smallest absolute Gasteiger partial charge is 0.335 e. The second-order valence-corrected chi connectivity index (χ2v) is 12.4. The number of aromatic carboxylic acids is 1. The van der Waals surface area contributed by atoms with Gasteiger partial charge in [0.15, 0.2) is 5.13 Å². The monoisotopic (exact) mass is 553 g/mol. The van der Waals surface area contributed by atoms with Crippen molar-refractivity contribution in [3.05, 3.63) is 34.7 Å². The highest BCUT2D eigenvalue weighted by Crippen LogP contribution is 2.45. The first-order valence-electron chi connectivity index (χ1n) is 14.6. The Morgan fingerprint density at radius 1 is 1.10 bits per heavy atom. The van der Waals surface area contributed by atoms with Crippen molar-refractivity contribution < 1.29 is 23.9 Å². The Morgan fingerprint density at radius 3 is 2.62 bits per heavy atom. The maximum atomic E-state index is 11.6. The molecule has 1 unspecified atom stereocenters. The van der Waals surface area contributed by atoms with Gasteiger partial charge in [0.2, 0.25) is 0 Å². The summed E-state index contributed by atoms with van der Waals surface area (Å²) in [5.41, 5.74) is 3.34. The number of nitrogens with zero attached hydrogens (tertiary/aromatic N) is 3. The second kappa shape index (κ2) is 11.5. The largest absolute Gasteiger partial charge is 0.494 e. The van der Waals surface area contributed by atoms with Crippen molar-refractivity contribution in [1.82, 2.24) is 10.1 Å². The summed E-state index contributed by atoms with van der Waals surface area (Å²) in [6, 6.07) is 4.02. The van der Waals surface area contributed by atoms with Gasteiger partial charge in [-0.1, -0.05) is 42.7 Å². The number of carboxylic acid groups (broad SMARTS) is 1. The van der Waals surface area contributed by atoms with Crippen LogP contribution in [0.25, 0.3) is 10.2 Å². The lowest BCUT2D eigenvalue weighted by Crippen LogP contribution is -2.36. The molecule has 9 heteroatoms. The zero-order valence-corrected chi connectivity index (χ0v) is 23.8. The molecule has 0 radical (unpaired) electrons. The molecule has 2 atom stereocenters. The topological polar surface area (TPSA) is 97.9 Å². The molecule has 1 aromatic carbocycles. The van der Waals surface area contributed by atoms with Crippen LogP contribution in [0.4, 0.5) is 5.13 Å². The number of carbonyl (C=O) groups is 1. The quantitative estimate of drug-likeness (QED) is 0.248. The first-order valence-corrected chi connectivity index (χ1v) is 15.4. The number of aromatic nitrogens is 2. The van der Waals surface area contributed by atoms with Gasteiger partial charge in [0.1, 0.15) is 17.0 Å². The third kappa shape index (κ3) is 5.40. The molecule has 39 heavy (non-hydrogen) atoms. The van der Waals surface area contributed by atoms with Crippen LogP contribution < -0.4 is 9.64 Å². The highest BCUT2D eigenvalue weighted by molar-refractivity contribution is 7.22. The summed E-state index contributed by atoms with van der Waals surface area (Å²) in [5, 5.41) is 15.0. The van der Waals surface area contributed by atoms with Crippen molar-refractivity contribution in [1.29, 1.82) is 0 Å². The fourth-order valence-electron chi connectivity index (χ4n) is 6.57. The van der Waals surface area contributed by atoms with E-state index in [-0.39, 0.29) is 5.56 Å². The number of fused-ring (bicyclic) bond motifs is 1. The molecule has 3 heterocycles. The van der Waals surface area contributed by atoms with Crippen LogP contribution in [0, 0.1) is 0 Å². The number of benzene rings is 1. The Hall–Kier alpha value is -2.65. The van der Waals surface area contributed by atoms with E-state index < -0.39 is 5.97 Å². The standard InChI is InChI=1S/C30H39N3O5S/c1-3-21-11-12-22(33(21)30-31-27-24(36-2)15-20(29(34)35)16-25(27)39-30)13-14-37-17-23-26(18-7-5-4-6-8-18)32-38-28(23)19-9-10-19/h15-16,18-19,21-22H,3-14,17H2,1-2H3,(H,34,35)/t21?,22-/m0/s1. The van der Waals surface area contributed by atoms with Gasteiger partial charge in [-0.25, -0.2) is 9.78 Å². The molecule has 2 aliphatic carbocycles. The van der Waals surface area contributed by atoms with Crippen molar-refractivity contribution in [2.24, 2.45) is 0 Å². The molecule has 0 amide bonds. The van der Waals surface area contributed by atoms with E-state index >= 15 is 0 Å². The zero-order valence-electron chi connectivity index (χ0n) is 23.0. The molecule has 1 aliphatic heterocycles. The molecule has 3 aliphatic rings. The van der Waals surface area contributed by atoms with E-state index in [1.165, 1.54) is 50.5 Å². The Labute approximate surface area is 233 Å². The van der Waals surface area contributed by atoms with Crippen LogP contribution in [0.1, 0.15) is 117 Å². The second-order valence-electron chi connectivity index (χ2n) is 11.4. The molecule has 2 saturated carbocycles. The van der Waals surface area contributed by atoms with Gasteiger partial charge in [0, 0.05) is 36.1 Å². The fraction of sp³-hybridized carbons (Fsp3) is 0.633. The van der Waals surface area contributed by atoms with Crippen LogP contribution in [0.15, 0.2) is 16.7 Å². The number of hydrogen-bond acceptors (Lipinski definition) is 8. The summed E-state index contributed by atoms with van der Waals surface area (Å²) in [7, 11) is 1.56. The van der Waals surface area contributed by atoms with Crippen LogP contribution in [-0.4, -0.2) is 47.0 Å². The average Bonchev–Trinajstić information content (AvgIpc) is 3.38. The number of hydrogen-bond donors (Lipinski definition) is 1. The third-order valence-electron chi connectivity index (χ3n) is 8.86. The van der Waals surface area contributed by atoms with Crippen molar-refractivity contribution in [3.8, 4) is 5.75 Å². The molecule has 1 N–H and O–H groups in total. The highest BCUT2D eigenvalue weighted by atomic mass is 32.1. The Kier molecular flexibility index (Phi) is 7.80. The van der Waals surface area contributed by atoms with Crippen molar-refractivity contribution in [2.45, 2.75) is 108 Å². The molecule has 0 spiro atoms. The van der Waals surface area contributed by atoms with E-state index in [0.29, 0.717) is 42.9 Å². The molecular formula is C30H39N3O5S. The first kappa shape index (κ1) is 26.6.